The SMILES string of the molecule is CCCCCCCCCCCCSc1c(OC)cccc1OC. The smallest absolute Gasteiger partial charge is 0.136 e. The Labute approximate surface area is 147 Å². The average molecular weight is 339 g/mol. The van der Waals surface area contributed by atoms with Crippen LogP contribution in [0.1, 0.15) is 71.1 Å². The molecule has 0 unspecified atom stereocenters. The van der Waals surface area contributed by atoms with Crippen molar-refractivity contribution < 1.29 is 9.47 Å². The summed E-state index contributed by atoms with van der Waals surface area (Å²) in [6, 6.07) is 5.98. The summed E-state index contributed by atoms with van der Waals surface area (Å²) >= 11 is 1.85. The fourth-order valence-corrected chi connectivity index (χ4v) is 3.86. The van der Waals surface area contributed by atoms with Crippen molar-refractivity contribution in [3.05, 3.63) is 18.2 Å². The monoisotopic (exact) mass is 338 g/mol. The molecule has 0 N–H and O–H groups in total. The topological polar surface area (TPSA) is 18.5 Å². The molecule has 0 heterocycles. The molecule has 132 valence electrons. The lowest BCUT2D eigenvalue weighted by atomic mass is 10.1. The highest BCUT2D eigenvalue weighted by Crippen LogP contribution is 2.37. The van der Waals surface area contributed by atoms with Gasteiger partial charge >= 0.3 is 0 Å². The van der Waals surface area contributed by atoms with E-state index in [-0.39, 0.29) is 0 Å². The largest absolute Gasteiger partial charge is 0.495 e. The minimum absolute atomic E-state index is 0.918. The Morgan fingerprint density at radius 3 is 1.70 bits per heavy atom. The molecule has 0 spiro atoms. The number of hydrogen-bond donors (Lipinski definition) is 0. The first-order valence-electron chi connectivity index (χ1n) is 9.17. The van der Waals surface area contributed by atoms with Crippen molar-refractivity contribution in [2.45, 2.75) is 76.0 Å². The van der Waals surface area contributed by atoms with Gasteiger partial charge in [-0.05, 0) is 24.3 Å². The van der Waals surface area contributed by atoms with Crippen LogP contribution in [0.5, 0.6) is 11.5 Å². The van der Waals surface area contributed by atoms with Gasteiger partial charge in [-0.25, -0.2) is 0 Å². The van der Waals surface area contributed by atoms with Crippen LogP contribution < -0.4 is 9.47 Å². The Morgan fingerprint density at radius 2 is 1.22 bits per heavy atom. The molecule has 0 radical (unpaired) electrons. The Hall–Kier alpha value is -0.830. The number of unbranched alkanes of at least 4 members (excludes halogenated alkanes) is 9. The van der Waals surface area contributed by atoms with Crippen LogP contribution in [-0.2, 0) is 0 Å². The highest BCUT2D eigenvalue weighted by molar-refractivity contribution is 7.99. The molecule has 0 aliphatic heterocycles. The van der Waals surface area contributed by atoms with E-state index in [4.69, 9.17) is 9.47 Å². The van der Waals surface area contributed by atoms with E-state index in [1.807, 2.05) is 30.0 Å². The highest BCUT2D eigenvalue weighted by Gasteiger charge is 2.09. The Kier molecular flexibility index (Phi) is 11.9. The van der Waals surface area contributed by atoms with Crippen molar-refractivity contribution in [3.8, 4) is 11.5 Å². The minimum atomic E-state index is 0.918. The molecule has 0 fully saturated rings. The van der Waals surface area contributed by atoms with Gasteiger partial charge in [0.25, 0.3) is 0 Å². The molecule has 0 saturated carbocycles. The number of thioether (sulfide) groups is 1. The third kappa shape index (κ3) is 8.55. The zero-order valence-electron chi connectivity index (χ0n) is 15.2. The van der Waals surface area contributed by atoms with Gasteiger partial charge < -0.3 is 9.47 Å². The quantitative estimate of drug-likeness (QED) is 0.277. The van der Waals surface area contributed by atoms with E-state index in [1.54, 1.807) is 14.2 Å². The normalized spacial score (nSPS) is 10.7. The van der Waals surface area contributed by atoms with Crippen molar-refractivity contribution in [3.63, 3.8) is 0 Å². The summed E-state index contributed by atoms with van der Waals surface area (Å²) in [7, 11) is 3.44. The van der Waals surface area contributed by atoms with Crippen LogP contribution in [0.25, 0.3) is 0 Å². The van der Waals surface area contributed by atoms with Gasteiger partial charge in [0.1, 0.15) is 11.5 Å². The van der Waals surface area contributed by atoms with Crippen molar-refractivity contribution >= 4 is 11.8 Å². The molecular weight excluding hydrogens is 304 g/mol. The van der Waals surface area contributed by atoms with Crippen LogP contribution in [0.2, 0.25) is 0 Å². The van der Waals surface area contributed by atoms with E-state index in [0.717, 1.165) is 22.1 Å². The van der Waals surface area contributed by atoms with Gasteiger partial charge in [0.15, 0.2) is 0 Å². The molecule has 2 nitrogen and oxygen atoms in total. The van der Waals surface area contributed by atoms with Gasteiger partial charge in [0.2, 0.25) is 0 Å². The van der Waals surface area contributed by atoms with Gasteiger partial charge in [0.05, 0.1) is 19.1 Å². The number of ether oxygens (including phenoxy) is 2. The van der Waals surface area contributed by atoms with E-state index in [0.29, 0.717) is 0 Å². The molecule has 0 bridgehead atoms. The molecule has 0 aliphatic rings. The second-order valence-electron chi connectivity index (χ2n) is 6.02. The maximum atomic E-state index is 5.44. The first-order valence-corrected chi connectivity index (χ1v) is 10.2. The zero-order valence-corrected chi connectivity index (χ0v) is 16.1. The predicted molar refractivity (Wildman–Crippen MR) is 102 cm³/mol. The van der Waals surface area contributed by atoms with E-state index in [1.165, 1.54) is 64.2 Å². The third-order valence-corrected chi connectivity index (χ3v) is 5.31. The summed E-state index contributed by atoms with van der Waals surface area (Å²) in [6.07, 6.45) is 13.8. The molecule has 0 amide bonds. The summed E-state index contributed by atoms with van der Waals surface area (Å²) in [5.74, 6) is 2.97. The Balaban J connectivity index is 2.09. The lowest BCUT2D eigenvalue weighted by molar-refractivity contribution is 0.376. The van der Waals surface area contributed by atoms with Crippen LogP contribution in [-0.4, -0.2) is 20.0 Å². The fourth-order valence-electron chi connectivity index (χ4n) is 2.72. The third-order valence-electron chi connectivity index (χ3n) is 4.13. The van der Waals surface area contributed by atoms with E-state index < -0.39 is 0 Å². The zero-order chi connectivity index (χ0) is 16.8. The number of benzene rings is 1. The van der Waals surface area contributed by atoms with Crippen molar-refractivity contribution in [2.24, 2.45) is 0 Å². The van der Waals surface area contributed by atoms with Crippen molar-refractivity contribution in [2.75, 3.05) is 20.0 Å². The molecule has 0 atom stereocenters. The van der Waals surface area contributed by atoms with Crippen LogP contribution in [0.3, 0.4) is 0 Å². The van der Waals surface area contributed by atoms with Gasteiger partial charge in [0, 0.05) is 0 Å². The number of rotatable bonds is 14. The fraction of sp³-hybridized carbons (Fsp3) is 0.700. The summed E-state index contributed by atoms with van der Waals surface area (Å²) in [4.78, 5) is 1.13. The van der Waals surface area contributed by atoms with Gasteiger partial charge in [-0.2, -0.15) is 0 Å². The maximum absolute atomic E-state index is 5.44. The standard InChI is InChI=1S/C20H34O2S/c1-4-5-6-7-8-9-10-11-12-13-17-23-20-18(21-2)15-14-16-19(20)22-3/h14-16H,4-13,17H2,1-3H3. The van der Waals surface area contributed by atoms with Crippen molar-refractivity contribution in [1.82, 2.24) is 0 Å². The predicted octanol–water partition coefficient (Wildman–Crippen LogP) is 6.72. The van der Waals surface area contributed by atoms with Crippen LogP contribution in [0, 0.1) is 0 Å². The lowest BCUT2D eigenvalue weighted by Gasteiger charge is -2.12. The summed E-state index contributed by atoms with van der Waals surface area (Å²) < 4.78 is 10.9. The molecule has 1 rings (SSSR count). The highest BCUT2D eigenvalue weighted by atomic mass is 32.2. The minimum Gasteiger partial charge on any atom is -0.495 e. The van der Waals surface area contributed by atoms with E-state index >= 15 is 0 Å². The molecule has 1 aromatic rings. The van der Waals surface area contributed by atoms with Crippen LogP contribution >= 0.6 is 11.8 Å². The van der Waals surface area contributed by atoms with E-state index in [2.05, 4.69) is 6.92 Å². The molecule has 0 aromatic heterocycles. The Morgan fingerprint density at radius 1 is 0.739 bits per heavy atom. The molecule has 23 heavy (non-hydrogen) atoms. The second kappa shape index (κ2) is 13.6. The molecule has 1 aromatic carbocycles. The van der Waals surface area contributed by atoms with Crippen LogP contribution in [0.15, 0.2) is 23.1 Å². The number of methoxy groups -OCH3 is 2. The summed E-state index contributed by atoms with van der Waals surface area (Å²) in [5.41, 5.74) is 0. The maximum Gasteiger partial charge on any atom is 0.136 e. The second-order valence-corrected chi connectivity index (χ2v) is 7.13. The molecular formula is C20H34O2S. The van der Waals surface area contributed by atoms with Crippen molar-refractivity contribution in [1.29, 1.82) is 0 Å². The van der Waals surface area contributed by atoms with E-state index in [9.17, 15) is 0 Å². The first kappa shape index (κ1) is 20.2. The summed E-state index contributed by atoms with van der Waals surface area (Å²) in [5, 5.41) is 0. The number of hydrogen-bond acceptors (Lipinski definition) is 3. The summed E-state index contributed by atoms with van der Waals surface area (Å²) in [6.45, 7) is 2.28. The molecule has 3 heteroatoms. The average Bonchev–Trinajstić information content (AvgIpc) is 2.59. The van der Waals surface area contributed by atoms with Gasteiger partial charge in [-0.15, -0.1) is 11.8 Å². The Bertz CT molecular complexity index is 384. The molecule has 0 aliphatic carbocycles. The molecule has 0 saturated heterocycles. The van der Waals surface area contributed by atoms with Crippen LogP contribution in [0.4, 0.5) is 0 Å². The lowest BCUT2D eigenvalue weighted by Crippen LogP contribution is -1.92. The van der Waals surface area contributed by atoms with Gasteiger partial charge in [-0.1, -0.05) is 70.8 Å². The van der Waals surface area contributed by atoms with Gasteiger partial charge in [-0.3, -0.25) is 0 Å². The first-order chi connectivity index (χ1) is 11.3.